The average Bonchev–Trinajstić information content (AvgIpc) is 2.27. The summed E-state index contributed by atoms with van der Waals surface area (Å²) in [4.78, 5) is 11.8. The maximum atomic E-state index is 11.8. The third kappa shape index (κ3) is 4.23. The molecular weight excluding hydrogens is 222 g/mol. The molecule has 16 heavy (non-hydrogen) atoms. The minimum atomic E-state index is -0.0120. The number of aryl methyl sites for hydroxylation is 1. The van der Waals surface area contributed by atoms with E-state index in [0.717, 1.165) is 18.4 Å². The van der Waals surface area contributed by atoms with E-state index >= 15 is 0 Å². The van der Waals surface area contributed by atoms with Crippen LogP contribution in [-0.2, 0) is 0 Å². The van der Waals surface area contributed by atoms with Gasteiger partial charge in [0.15, 0.2) is 0 Å². The van der Waals surface area contributed by atoms with Crippen molar-refractivity contribution in [2.45, 2.75) is 32.7 Å². The van der Waals surface area contributed by atoms with Crippen LogP contribution in [0, 0.1) is 6.92 Å². The van der Waals surface area contributed by atoms with Gasteiger partial charge < -0.3 is 5.32 Å². The smallest absolute Gasteiger partial charge is 0.251 e. The molecular formula is C13H18ClNO. The number of carbonyl (C=O) groups excluding carboxylic acids is 1. The molecule has 88 valence electrons. The molecule has 1 N–H and O–H groups in total. The van der Waals surface area contributed by atoms with Gasteiger partial charge in [-0.05, 0) is 38.8 Å². The van der Waals surface area contributed by atoms with Crippen LogP contribution in [0.1, 0.15) is 35.7 Å². The number of benzene rings is 1. The van der Waals surface area contributed by atoms with Crippen LogP contribution < -0.4 is 5.32 Å². The molecule has 0 aliphatic rings. The Hall–Kier alpha value is -1.02. The zero-order valence-corrected chi connectivity index (χ0v) is 10.6. The van der Waals surface area contributed by atoms with Gasteiger partial charge in [-0.25, -0.2) is 0 Å². The summed E-state index contributed by atoms with van der Waals surface area (Å²) in [7, 11) is 0. The fraction of sp³-hybridized carbons (Fsp3) is 0.462. The highest BCUT2D eigenvalue weighted by atomic mass is 35.5. The highest BCUT2D eigenvalue weighted by Crippen LogP contribution is 2.04. The molecule has 0 saturated heterocycles. The SMILES string of the molecule is Cc1ccc(C(=O)NC(C)CCCCl)cc1. The first-order valence-corrected chi connectivity index (χ1v) is 6.10. The Balaban J connectivity index is 2.48. The second-order valence-corrected chi connectivity index (χ2v) is 4.45. The Kier molecular flexibility index (Phi) is 5.33. The van der Waals surface area contributed by atoms with Crippen molar-refractivity contribution in [1.29, 1.82) is 0 Å². The van der Waals surface area contributed by atoms with Crippen molar-refractivity contribution in [2.24, 2.45) is 0 Å². The van der Waals surface area contributed by atoms with Crippen LogP contribution in [0.3, 0.4) is 0 Å². The zero-order chi connectivity index (χ0) is 12.0. The summed E-state index contributed by atoms with van der Waals surface area (Å²) in [6.45, 7) is 4.00. The van der Waals surface area contributed by atoms with Gasteiger partial charge in [-0.3, -0.25) is 4.79 Å². The van der Waals surface area contributed by atoms with E-state index in [1.807, 2.05) is 38.1 Å². The molecule has 0 aliphatic carbocycles. The first kappa shape index (κ1) is 13.0. The van der Waals surface area contributed by atoms with E-state index in [-0.39, 0.29) is 11.9 Å². The lowest BCUT2D eigenvalue weighted by molar-refractivity contribution is 0.0938. The van der Waals surface area contributed by atoms with Crippen molar-refractivity contribution in [1.82, 2.24) is 5.32 Å². The highest BCUT2D eigenvalue weighted by Gasteiger charge is 2.08. The van der Waals surface area contributed by atoms with Crippen LogP contribution in [0.4, 0.5) is 0 Å². The van der Waals surface area contributed by atoms with Gasteiger partial charge in [0.1, 0.15) is 0 Å². The highest BCUT2D eigenvalue weighted by molar-refractivity contribution is 6.17. The standard InChI is InChI=1S/C13H18ClNO/c1-10-5-7-12(8-6-10)13(16)15-11(2)4-3-9-14/h5-8,11H,3-4,9H2,1-2H3,(H,15,16). The summed E-state index contributed by atoms with van der Waals surface area (Å²) < 4.78 is 0. The van der Waals surface area contributed by atoms with E-state index in [1.165, 1.54) is 0 Å². The second-order valence-electron chi connectivity index (χ2n) is 4.07. The molecule has 3 heteroatoms. The van der Waals surface area contributed by atoms with Gasteiger partial charge in [-0.15, -0.1) is 11.6 Å². The van der Waals surface area contributed by atoms with E-state index in [0.29, 0.717) is 11.4 Å². The monoisotopic (exact) mass is 239 g/mol. The topological polar surface area (TPSA) is 29.1 Å². The molecule has 0 saturated carbocycles. The van der Waals surface area contributed by atoms with Gasteiger partial charge in [0.2, 0.25) is 0 Å². The molecule has 0 aromatic heterocycles. The van der Waals surface area contributed by atoms with Crippen molar-refractivity contribution >= 4 is 17.5 Å². The third-order valence-electron chi connectivity index (χ3n) is 2.46. The summed E-state index contributed by atoms with van der Waals surface area (Å²) in [5.41, 5.74) is 1.87. The summed E-state index contributed by atoms with van der Waals surface area (Å²) >= 11 is 5.60. The van der Waals surface area contributed by atoms with Gasteiger partial charge in [-0.2, -0.15) is 0 Å². The Morgan fingerprint density at radius 3 is 2.56 bits per heavy atom. The number of alkyl halides is 1. The van der Waals surface area contributed by atoms with Crippen molar-refractivity contribution in [3.8, 4) is 0 Å². The first-order chi connectivity index (χ1) is 7.63. The van der Waals surface area contributed by atoms with E-state index in [4.69, 9.17) is 11.6 Å². The van der Waals surface area contributed by atoms with Crippen molar-refractivity contribution < 1.29 is 4.79 Å². The summed E-state index contributed by atoms with van der Waals surface area (Å²) in [5.74, 6) is 0.632. The molecule has 0 fully saturated rings. The summed E-state index contributed by atoms with van der Waals surface area (Å²) in [6.07, 6.45) is 1.85. The maximum absolute atomic E-state index is 11.8. The zero-order valence-electron chi connectivity index (χ0n) is 9.79. The van der Waals surface area contributed by atoms with Crippen LogP contribution in [-0.4, -0.2) is 17.8 Å². The molecule has 1 rings (SSSR count). The molecule has 0 heterocycles. The van der Waals surface area contributed by atoms with E-state index in [1.54, 1.807) is 0 Å². The number of nitrogens with one attached hydrogen (secondary N) is 1. The maximum Gasteiger partial charge on any atom is 0.251 e. The van der Waals surface area contributed by atoms with Crippen molar-refractivity contribution in [2.75, 3.05) is 5.88 Å². The minimum Gasteiger partial charge on any atom is -0.350 e. The largest absolute Gasteiger partial charge is 0.350 e. The molecule has 0 aliphatic heterocycles. The van der Waals surface area contributed by atoms with Crippen LogP contribution in [0.25, 0.3) is 0 Å². The molecule has 0 spiro atoms. The van der Waals surface area contributed by atoms with Crippen LogP contribution in [0.5, 0.6) is 0 Å². The van der Waals surface area contributed by atoms with Gasteiger partial charge in [0.25, 0.3) is 5.91 Å². The number of hydrogen-bond acceptors (Lipinski definition) is 1. The van der Waals surface area contributed by atoms with Crippen LogP contribution in [0.15, 0.2) is 24.3 Å². The molecule has 1 amide bonds. The van der Waals surface area contributed by atoms with E-state index in [2.05, 4.69) is 5.32 Å². The summed E-state index contributed by atoms with van der Waals surface area (Å²) in [5, 5.41) is 2.95. The Labute approximate surface area is 102 Å². The lowest BCUT2D eigenvalue weighted by Crippen LogP contribution is -2.32. The predicted octanol–water partition coefficient (Wildman–Crippen LogP) is 3.13. The van der Waals surface area contributed by atoms with Crippen LogP contribution in [0.2, 0.25) is 0 Å². The molecule has 2 nitrogen and oxygen atoms in total. The lowest BCUT2D eigenvalue weighted by atomic mass is 10.1. The molecule has 1 aromatic carbocycles. The average molecular weight is 240 g/mol. The third-order valence-corrected chi connectivity index (χ3v) is 2.73. The lowest BCUT2D eigenvalue weighted by Gasteiger charge is -2.13. The first-order valence-electron chi connectivity index (χ1n) is 5.57. The normalized spacial score (nSPS) is 12.2. The van der Waals surface area contributed by atoms with E-state index < -0.39 is 0 Å². The number of halogens is 1. The number of amides is 1. The van der Waals surface area contributed by atoms with Crippen LogP contribution >= 0.6 is 11.6 Å². The van der Waals surface area contributed by atoms with Gasteiger partial charge in [0, 0.05) is 17.5 Å². The quantitative estimate of drug-likeness (QED) is 0.786. The van der Waals surface area contributed by atoms with Crippen molar-refractivity contribution in [3.05, 3.63) is 35.4 Å². The van der Waals surface area contributed by atoms with Gasteiger partial charge in [-0.1, -0.05) is 17.7 Å². The second kappa shape index (κ2) is 6.54. The number of rotatable bonds is 5. The molecule has 1 unspecified atom stereocenters. The fourth-order valence-corrected chi connectivity index (χ4v) is 1.62. The number of hydrogen-bond donors (Lipinski definition) is 1. The Morgan fingerprint density at radius 2 is 2.00 bits per heavy atom. The number of carbonyl (C=O) groups is 1. The molecule has 0 radical (unpaired) electrons. The van der Waals surface area contributed by atoms with Gasteiger partial charge in [0.05, 0.1) is 0 Å². The molecule has 1 aromatic rings. The molecule has 1 atom stereocenters. The fourth-order valence-electron chi connectivity index (χ4n) is 1.47. The van der Waals surface area contributed by atoms with Gasteiger partial charge >= 0.3 is 0 Å². The molecule has 0 bridgehead atoms. The Morgan fingerprint density at radius 1 is 1.38 bits per heavy atom. The minimum absolute atomic E-state index is 0.0120. The van der Waals surface area contributed by atoms with Crippen molar-refractivity contribution in [3.63, 3.8) is 0 Å². The summed E-state index contributed by atoms with van der Waals surface area (Å²) in [6, 6.07) is 7.75. The van der Waals surface area contributed by atoms with E-state index in [9.17, 15) is 4.79 Å². The predicted molar refractivity (Wildman–Crippen MR) is 68.1 cm³/mol. The Bertz CT molecular complexity index is 334.